The lowest BCUT2D eigenvalue weighted by Crippen LogP contribution is -2.22. The maximum Gasteiger partial charge on any atom is 0.259 e. The number of para-hydroxylation sites is 1. The van der Waals surface area contributed by atoms with Gasteiger partial charge in [-0.2, -0.15) is 0 Å². The minimum absolute atomic E-state index is 0.295. The SMILES string of the molecule is COc1ccccc1C1=C(c2cn(-c3ccc4ccccc4c3)c3ncccc23)C(=O)NC1=O. The van der Waals surface area contributed by atoms with E-state index in [1.165, 1.54) is 0 Å². The van der Waals surface area contributed by atoms with Crippen LogP contribution in [0.25, 0.3) is 38.6 Å². The summed E-state index contributed by atoms with van der Waals surface area (Å²) in [6.07, 6.45) is 3.60. The Balaban J connectivity index is 1.64. The van der Waals surface area contributed by atoms with E-state index in [9.17, 15) is 9.59 Å². The van der Waals surface area contributed by atoms with E-state index < -0.39 is 11.8 Å². The number of pyridine rings is 1. The molecule has 0 radical (unpaired) electrons. The summed E-state index contributed by atoms with van der Waals surface area (Å²) < 4.78 is 7.44. The van der Waals surface area contributed by atoms with Gasteiger partial charge in [0.1, 0.15) is 11.4 Å². The first-order chi connectivity index (χ1) is 16.7. The van der Waals surface area contributed by atoms with Crippen LogP contribution in [-0.2, 0) is 9.59 Å². The van der Waals surface area contributed by atoms with Crippen LogP contribution in [0.5, 0.6) is 5.75 Å². The number of hydrogen-bond donors (Lipinski definition) is 1. The highest BCUT2D eigenvalue weighted by atomic mass is 16.5. The molecule has 6 rings (SSSR count). The molecule has 6 heteroatoms. The molecule has 0 spiro atoms. The van der Waals surface area contributed by atoms with Crippen LogP contribution in [0.2, 0.25) is 0 Å². The lowest BCUT2D eigenvalue weighted by molar-refractivity contribution is -0.122. The number of imide groups is 1. The average Bonchev–Trinajstić information content (AvgIpc) is 3.39. The summed E-state index contributed by atoms with van der Waals surface area (Å²) in [6, 6.07) is 25.2. The minimum Gasteiger partial charge on any atom is -0.496 e. The summed E-state index contributed by atoms with van der Waals surface area (Å²) >= 11 is 0. The number of amides is 2. The van der Waals surface area contributed by atoms with Gasteiger partial charge in [0.25, 0.3) is 11.8 Å². The number of benzene rings is 3. The molecule has 1 aliphatic heterocycles. The second-order valence-corrected chi connectivity index (χ2v) is 8.05. The van der Waals surface area contributed by atoms with Crippen molar-refractivity contribution in [1.29, 1.82) is 0 Å². The molecule has 2 aromatic heterocycles. The van der Waals surface area contributed by atoms with Gasteiger partial charge in [-0.05, 0) is 41.1 Å². The van der Waals surface area contributed by atoms with Gasteiger partial charge in [-0.1, -0.05) is 48.5 Å². The molecule has 0 fully saturated rings. The van der Waals surface area contributed by atoms with Gasteiger partial charge in [0.05, 0.1) is 18.3 Å². The number of carbonyl (C=O) groups is 2. The van der Waals surface area contributed by atoms with Crippen LogP contribution >= 0.6 is 0 Å². The summed E-state index contributed by atoms with van der Waals surface area (Å²) in [5.74, 6) is -0.358. The molecule has 3 aromatic carbocycles. The number of hydrogen-bond acceptors (Lipinski definition) is 4. The molecule has 0 aliphatic carbocycles. The predicted molar refractivity (Wildman–Crippen MR) is 132 cm³/mol. The third-order valence-electron chi connectivity index (χ3n) is 6.15. The third kappa shape index (κ3) is 3.00. The van der Waals surface area contributed by atoms with E-state index in [2.05, 4.69) is 34.6 Å². The topological polar surface area (TPSA) is 73.2 Å². The first kappa shape index (κ1) is 19.9. The Morgan fingerprint density at radius 2 is 1.53 bits per heavy atom. The van der Waals surface area contributed by atoms with Gasteiger partial charge < -0.3 is 9.30 Å². The molecule has 0 saturated carbocycles. The molecule has 164 valence electrons. The summed E-state index contributed by atoms with van der Waals surface area (Å²) in [5, 5.41) is 5.48. The Kier molecular flexibility index (Phi) is 4.52. The molecule has 0 bridgehead atoms. The number of carbonyl (C=O) groups excluding carboxylic acids is 2. The molecule has 2 amide bonds. The van der Waals surface area contributed by atoms with Crippen molar-refractivity contribution in [3.63, 3.8) is 0 Å². The number of fused-ring (bicyclic) bond motifs is 2. The van der Waals surface area contributed by atoms with Crippen LogP contribution < -0.4 is 10.1 Å². The Hall–Kier alpha value is -4.71. The fourth-order valence-electron chi connectivity index (χ4n) is 4.60. The second-order valence-electron chi connectivity index (χ2n) is 8.05. The number of ether oxygens (including phenoxy) is 1. The normalized spacial score (nSPS) is 13.7. The summed E-state index contributed by atoms with van der Waals surface area (Å²) in [5.41, 5.74) is 3.43. The molecule has 0 atom stereocenters. The first-order valence-electron chi connectivity index (χ1n) is 10.8. The van der Waals surface area contributed by atoms with Gasteiger partial charge in [0.15, 0.2) is 0 Å². The average molecular weight is 445 g/mol. The van der Waals surface area contributed by atoms with E-state index in [0.29, 0.717) is 33.7 Å². The zero-order valence-electron chi connectivity index (χ0n) is 18.3. The van der Waals surface area contributed by atoms with Gasteiger partial charge in [-0.3, -0.25) is 14.9 Å². The number of nitrogens with one attached hydrogen (secondary N) is 1. The van der Waals surface area contributed by atoms with Crippen molar-refractivity contribution in [3.05, 3.63) is 102 Å². The zero-order chi connectivity index (χ0) is 23.2. The lowest BCUT2D eigenvalue weighted by Gasteiger charge is -2.09. The van der Waals surface area contributed by atoms with Crippen molar-refractivity contribution in [2.24, 2.45) is 0 Å². The van der Waals surface area contributed by atoms with Crippen molar-refractivity contribution in [1.82, 2.24) is 14.9 Å². The van der Waals surface area contributed by atoms with Crippen molar-refractivity contribution in [2.75, 3.05) is 7.11 Å². The fraction of sp³-hybridized carbons (Fsp3) is 0.0357. The van der Waals surface area contributed by atoms with E-state index in [4.69, 9.17) is 4.74 Å². The molecule has 0 unspecified atom stereocenters. The highest BCUT2D eigenvalue weighted by Crippen LogP contribution is 2.39. The Bertz CT molecular complexity index is 1660. The fourth-order valence-corrected chi connectivity index (χ4v) is 4.60. The minimum atomic E-state index is -0.444. The largest absolute Gasteiger partial charge is 0.496 e. The molecule has 1 aliphatic rings. The maximum atomic E-state index is 13.1. The molecule has 6 nitrogen and oxygen atoms in total. The van der Waals surface area contributed by atoms with E-state index >= 15 is 0 Å². The summed E-state index contributed by atoms with van der Waals surface area (Å²) in [4.78, 5) is 30.6. The van der Waals surface area contributed by atoms with Crippen molar-refractivity contribution >= 4 is 44.8 Å². The second kappa shape index (κ2) is 7.71. The number of methoxy groups -OCH3 is 1. The highest BCUT2D eigenvalue weighted by molar-refractivity contribution is 6.50. The predicted octanol–water partition coefficient (Wildman–Crippen LogP) is 4.75. The molecular weight excluding hydrogens is 426 g/mol. The lowest BCUT2D eigenvalue weighted by atomic mass is 9.96. The molecular formula is C28H19N3O3. The highest BCUT2D eigenvalue weighted by Gasteiger charge is 2.35. The van der Waals surface area contributed by atoms with Crippen molar-refractivity contribution in [3.8, 4) is 11.4 Å². The van der Waals surface area contributed by atoms with Crippen LogP contribution in [0.4, 0.5) is 0 Å². The monoisotopic (exact) mass is 445 g/mol. The van der Waals surface area contributed by atoms with Crippen LogP contribution in [0.1, 0.15) is 11.1 Å². The number of rotatable bonds is 4. The zero-order valence-corrected chi connectivity index (χ0v) is 18.3. The summed E-state index contributed by atoms with van der Waals surface area (Å²) in [7, 11) is 1.54. The molecule has 3 heterocycles. The Morgan fingerprint density at radius 3 is 2.35 bits per heavy atom. The van der Waals surface area contributed by atoms with Gasteiger partial charge in [0, 0.05) is 34.6 Å². The van der Waals surface area contributed by atoms with Gasteiger partial charge >= 0.3 is 0 Å². The van der Waals surface area contributed by atoms with E-state index in [1.807, 2.05) is 53.2 Å². The van der Waals surface area contributed by atoms with Crippen molar-refractivity contribution in [2.45, 2.75) is 0 Å². The molecule has 5 aromatic rings. The number of nitrogens with zero attached hydrogens (tertiary/aromatic N) is 2. The third-order valence-corrected chi connectivity index (χ3v) is 6.15. The maximum absolute atomic E-state index is 13.1. The molecule has 34 heavy (non-hydrogen) atoms. The summed E-state index contributed by atoms with van der Waals surface area (Å²) in [6.45, 7) is 0. The van der Waals surface area contributed by atoms with Crippen LogP contribution in [-0.4, -0.2) is 28.5 Å². The number of aromatic nitrogens is 2. The van der Waals surface area contributed by atoms with Crippen LogP contribution in [0, 0.1) is 0 Å². The molecule has 1 N–H and O–H groups in total. The Labute approximate surface area is 195 Å². The van der Waals surface area contributed by atoms with E-state index in [1.54, 1.807) is 25.4 Å². The van der Waals surface area contributed by atoms with Gasteiger partial charge in [-0.15, -0.1) is 0 Å². The first-order valence-corrected chi connectivity index (χ1v) is 10.8. The smallest absolute Gasteiger partial charge is 0.259 e. The molecule has 0 saturated heterocycles. The van der Waals surface area contributed by atoms with E-state index in [-0.39, 0.29) is 0 Å². The standard InChI is InChI=1S/C28H19N3O3/c1-34-23-11-5-4-9-21(23)24-25(28(33)30-27(24)32)22-16-31(26-20(22)10-6-14-29-26)19-13-12-17-7-2-3-8-18(17)15-19/h2-16H,1H3,(H,30,32,33). The van der Waals surface area contributed by atoms with Crippen LogP contribution in [0.15, 0.2) is 91.3 Å². The quantitative estimate of drug-likeness (QED) is 0.405. The van der Waals surface area contributed by atoms with E-state index in [0.717, 1.165) is 21.8 Å². The van der Waals surface area contributed by atoms with Crippen LogP contribution in [0.3, 0.4) is 0 Å². The Morgan fingerprint density at radius 1 is 0.794 bits per heavy atom. The van der Waals surface area contributed by atoms with Gasteiger partial charge in [-0.25, -0.2) is 4.98 Å². The van der Waals surface area contributed by atoms with Crippen molar-refractivity contribution < 1.29 is 14.3 Å². The van der Waals surface area contributed by atoms with Gasteiger partial charge in [0.2, 0.25) is 0 Å².